The van der Waals surface area contributed by atoms with Crippen LogP contribution < -0.4 is 5.32 Å². The Morgan fingerprint density at radius 3 is 2.66 bits per heavy atom. The van der Waals surface area contributed by atoms with Crippen LogP contribution in [-0.4, -0.2) is 59.0 Å². The van der Waals surface area contributed by atoms with E-state index in [0.29, 0.717) is 6.54 Å². The van der Waals surface area contributed by atoms with E-state index in [1.54, 1.807) is 7.11 Å². The van der Waals surface area contributed by atoms with Crippen LogP contribution in [0, 0.1) is 6.92 Å². The van der Waals surface area contributed by atoms with Crippen molar-refractivity contribution in [2.24, 2.45) is 12.0 Å². The topological polar surface area (TPSA) is 67.6 Å². The molecule has 8 heteroatoms. The fourth-order valence-electron chi connectivity index (χ4n) is 3.19. The Morgan fingerprint density at radius 2 is 2.03 bits per heavy atom. The van der Waals surface area contributed by atoms with Crippen molar-refractivity contribution in [1.29, 1.82) is 0 Å². The van der Waals surface area contributed by atoms with Crippen molar-refractivity contribution in [3.8, 4) is 0 Å². The summed E-state index contributed by atoms with van der Waals surface area (Å²) in [7, 11) is 3.70. The van der Waals surface area contributed by atoms with Gasteiger partial charge in [0, 0.05) is 40.4 Å². The molecule has 0 amide bonds. The highest BCUT2D eigenvalue weighted by Crippen LogP contribution is 2.22. The van der Waals surface area contributed by atoms with Crippen LogP contribution in [0.5, 0.6) is 0 Å². The number of aliphatic imine (C=N–C) groups is 1. The van der Waals surface area contributed by atoms with Gasteiger partial charge < -0.3 is 19.5 Å². The van der Waals surface area contributed by atoms with Gasteiger partial charge in [0.05, 0.1) is 0 Å². The lowest BCUT2D eigenvalue weighted by atomic mass is 10.00. The summed E-state index contributed by atoms with van der Waals surface area (Å²) in [6, 6.07) is 10.6. The number of rotatable bonds is 7. The van der Waals surface area contributed by atoms with Gasteiger partial charge in [-0.05, 0) is 30.9 Å². The first kappa shape index (κ1) is 23.3. The zero-order chi connectivity index (χ0) is 19.8. The van der Waals surface area contributed by atoms with E-state index in [9.17, 15) is 0 Å². The SMILES string of the molecule is COCCCNC(=NCc1nnc(C)n1C)N1CC=C(c2ccccc2)CC1.I. The molecule has 0 saturated heterocycles. The van der Waals surface area contributed by atoms with Crippen LogP contribution in [0.2, 0.25) is 0 Å². The van der Waals surface area contributed by atoms with Gasteiger partial charge in [0.1, 0.15) is 12.4 Å². The Balaban J connectivity index is 0.00000300. The van der Waals surface area contributed by atoms with Gasteiger partial charge in [-0.3, -0.25) is 0 Å². The molecule has 1 aromatic carbocycles. The van der Waals surface area contributed by atoms with Gasteiger partial charge in [0.15, 0.2) is 11.8 Å². The van der Waals surface area contributed by atoms with Crippen molar-refractivity contribution in [1.82, 2.24) is 25.0 Å². The molecule has 1 aliphatic heterocycles. The van der Waals surface area contributed by atoms with Crippen molar-refractivity contribution in [3.63, 3.8) is 0 Å². The molecule has 0 unspecified atom stereocenters. The highest BCUT2D eigenvalue weighted by molar-refractivity contribution is 14.0. The molecule has 158 valence electrons. The second-order valence-electron chi connectivity index (χ2n) is 6.93. The number of ether oxygens (including phenoxy) is 1. The Bertz CT molecular complexity index is 818. The predicted molar refractivity (Wildman–Crippen MR) is 127 cm³/mol. The van der Waals surface area contributed by atoms with Crippen molar-refractivity contribution in [2.45, 2.75) is 26.3 Å². The molecule has 29 heavy (non-hydrogen) atoms. The lowest BCUT2D eigenvalue weighted by Gasteiger charge is -2.30. The third-order valence-corrected chi connectivity index (χ3v) is 5.01. The largest absolute Gasteiger partial charge is 0.385 e. The smallest absolute Gasteiger partial charge is 0.194 e. The molecule has 1 N–H and O–H groups in total. The molecular formula is C21H31IN6O. The number of aromatic nitrogens is 3. The average Bonchev–Trinajstić information content (AvgIpc) is 3.06. The van der Waals surface area contributed by atoms with E-state index in [0.717, 1.165) is 56.7 Å². The minimum atomic E-state index is 0. The first-order valence-electron chi connectivity index (χ1n) is 9.80. The van der Waals surface area contributed by atoms with E-state index in [1.165, 1.54) is 11.1 Å². The number of nitrogens with zero attached hydrogens (tertiary/aromatic N) is 5. The molecule has 0 atom stereocenters. The Morgan fingerprint density at radius 1 is 1.24 bits per heavy atom. The number of hydrogen-bond acceptors (Lipinski definition) is 4. The highest BCUT2D eigenvalue weighted by atomic mass is 127. The summed E-state index contributed by atoms with van der Waals surface area (Å²) in [5.41, 5.74) is 2.71. The van der Waals surface area contributed by atoms with E-state index < -0.39 is 0 Å². The predicted octanol–water partition coefficient (Wildman–Crippen LogP) is 3.01. The van der Waals surface area contributed by atoms with Gasteiger partial charge in [0.25, 0.3) is 0 Å². The van der Waals surface area contributed by atoms with E-state index in [4.69, 9.17) is 9.73 Å². The van der Waals surface area contributed by atoms with Crippen LogP contribution in [-0.2, 0) is 18.3 Å². The third kappa shape index (κ3) is 6.53. The number of nitrogens with one attached hydrogen (secondary N) is 1. The fraction of sp³-hybridized carbons (Fsp3) is 0.476. The number of halogens is 1. The summed E-state index contributed by atoms with van der Waals surface area (Å²) in [6.45, 7) is 5.81. The maximum atomic E-state index is 5.16. The van der Waals surface area contributed by atoms with Gasteiger partial charge in [-0.1, -0.05) is 36.4 Å². The molecular weight excluding hydrogens is 479 g/mol. The van der Waals surface area contributed by atoms with Crippen LogP contribution in [0.1, 0.15) is 30.1 Å². The van der Waals surface area contributed by atoms with Crippen molar-refractivity contribution >= 4 is 35.5 Å². The first-order chi connectivity index (χ1) is 13.7. The van der Waals surface area contributed by atoms with Crippen LogP contribution in [0.4, 0.5) is 0 Å². The average molecular weight is 510 g/mol. The van der Waals surface area contributed by atoms with Crippen LogP contribution in [0.25, 0.3) is 5.57 Å². The van der Waals surface area contributed by atoms with Gasteiger partial charge in [0.2, 0.25) is 0 Å². The number of benzene rings is 1. The summed E-state index contributed by atoms with van der Waals surface area (Å²) >= 11 is 0. The summed E-state index contributed by atoms with van der Waals surface area (Å²) in [4.78, 5) is 7.12. The quantitative estimate of drug-likeness (QED) is 0.269. The standard InChI is InChI=1S/C21H30N6O.HI/c1-17-24-25-20(26(17)2)16-23-21(22-12-7-15-28-3)27-13-10-19(11-14-27)18-8-5-4-6-9-18;/h4-6,8-10H,7,11-16H2,1-3H3,(H,22,23);1H. The molecule has 0 spiro atoms. The number of aryl methyl sites for hydroxylation is 1. The fourth-order valence-corrected chi connectivity index (χ4v) is 3.19. The number of guanidine groups is 1. The molecule has 2 aromatic rings. The van der Waals surface area contributed by atoms with Crippen LogP contribution >= 0.6 is 24.0 Å². The molecule has 0 radical (unpaired) electrons. The maximum absolute atomic E-state index is 5.16. The van der Waals surface area contributed by atoms with Gasteiger partial charge in [-0.15, -0.1) is 34.2 Å². The van der Waals surface area contributed by atoms with Gasteiger partial charge in [-0.2, -0.15) is 0 Å². The lowest BCUT2D eigenvalue weighted by Crippen LogP contribution is -2.44. The van der Waals surface area contributed by atoms with Gasteiger partial charge >= 0.3 is 0 Å². The minimum absolute atomic E-state index is 0. The van der Waals surface area contributed by atoms with E-state index >= 15 is 0 Å². The molecule has 0 fully saturated rings. The Kier molecular flexibility index (Phi) is 9.59. The summed E-state index contributed by atoms with van der Waals surface area (Å²) in [6.07, 6.45) is 4.25. The molecule has 0 bridgehead atoms. The molecule has 1 aromatic heterocycles. The molecule has 0 saturated carbocycles. The van der Waals surface area contributed by atoms with Crippen LogP contribution in [0.3, 0.4) is 0 Å². The van der Waals surface area contributed by atoms with Crippen molar-refractivity contribution in [2.75, 3.05) is 33.4 Å². The first-order valence-corrected chi connectivity index (χ1v) is 9.80. The maximum Gasteiger partial charge on any atom is 0.194 e. The summed E-state index contributed by atoms with van der Waals surface area (Å²) < 4.78 is 7.14. The second-order valence-corrected chi connectivity index (χ2v) is 6.93. The molecule has 0 aliphatic carbocycles. The van der Waals surface area contributed by atoms with E-state index in [-0.39, 0.29) is 24.0 Å². The zero-order valence-corrected chi connectivity index (χ0v) is 19.8. The summed E-state index contributed by atoms with van der Waals surface area (Å²) in [5, 5.41) is 11.8. The Hall–Kier alpha value is -1.94. The number of hydrogen-bond donors (Lipinski definition) is 1. The molecule has 3 rings (SSSR count). The molecule has 7 nitrogen and oxygen atoms in total. The number of methoxy groups -OCH3 is 1. The monoisotopic (exact) mass is 510 g/mol. The molecule has 1 aliphatic rings. The van der Waals surface area contributed by atoms with E-state index in [1.807, 2.05) is 18.5 Å². The molecule has 2 heterocycles. The normalized spacial score (nSPS) is 14.4. The second kappa shape index (κ2) is 11.9. The van der Waals surface area contributed by atoms with Crippen LogP contribution in [0.15, 0.2) is 41.4 Å². The summed E-state index contributed by atoms with van der Waals surface area (Å²) in [5.74, 6) is 2.68. The van der Waals surface area contributed by atoms with Crippen molar-refractivity contribution < 1.29 is 4.74 Å². The van der Waals surface area contributed by atoms with E-state index in [2.05, 4.69) is 56.8 Å². The highest BCUT2D eigenvalue weighted by Gasteiger charge is 2.17. The third-order valence-electron chi connectivity index (χ3n) is 5.01. The van der Waals surface area contributed by atoms with Crippen molar-refractivity contribution in [3.05, 3.63) is 53.6 Å². The lowest BCUT2D eigenvalue weighted by molar-refractivity contribution is 0.195. The Labute approximate surface area is 190 Å². The van der Waals surface area contributed by atoms with Gasteiger partial charge in [-0.25, -0.2) is 4.99 Å². The zero-order valence-electron chi connectivity index (χ0n) is 17.5. The minimum Gasteiger partial charge on any atom is -0.385 e.